The molecule has 0 atom stereocenters. The van der Waals surface area contributed by atoms with E-state index in [-0.39, 0.29) is 0 Å². The molecule has 3 heteroatoms. The Morgan fingerprint density at radius 3 is 1.76 bits per heavy atom. The van der Waals surface area contributed by atoms with Crippen LogP contribution in [0.1, 0.15) is 0 Å². The number of aromatic nitrogens is 1. The van der Waals surface area contributed by atoms with Gasteiger partial charge in [0, 0.05) is 27.7 Å². The van der Waals surface area contributed by atoms with Gasteiger partial charge in [-0.25, -0.2) is 0 Å². The van der Waals surface area contributed by atoms with Crippen molar-refractivity contribution in [1.82, 2.24) is 4.57 Å². The fourth-order valence-electron chi connectivity index (χ4n) is 7.60. The lowest BCUT2D eigenvalue weighted by Crippen LogP contribution is -2.11. The standard InChI is InChI=1S/C48H32N2O/c1-4-13-33(14-5-1)36-25-29-44(42(31-36)35-15-6-2-7-16-35)49(38-17-8-3-9-18-38)39-27-23-34(24-28-39)37-26-30-45-47(32-37)51-46-22-12-20-41-40-19-10-11-21-43(40)50(45)48(41)46/h1-32H. The molecule has 0 bridgehead atoms. The summed E-state index contributed by atoms with van der Waals surface area (Å²) in [7, 11) is 0. The van der Waals surface area contributed by atoms with Crippen molar-refractivity contribution in [2.24, 2.45) is 0 Å². The van der Waals surface area contributed by atoms with E-state index in [1.54, 1.807) is 0 Å². The number of fused-ring (bicyclic) bond motifs is 5. The smallest absolute Gasteiger partial charge is 0.152 e. The van der Waals surface area contributed by atoms with Gasteiger partial charge in [-0.15, -0.1) is 0 Å². The van der Waals surface area contributed by atoms with Crippen molar-refractivity contribution in [3.8, 4) is 50.6 Å². The Bertz CT molecular complexity index is 2700. The summed E-state index contributed by atoms with van der Waals surface area (Å²) in [6.45, 7) is 0. The predicted molar refractivity (Wildman–Crippen MR) is 212 cm³/mol. The average molecular weight is 653 g/mol. The number of para-hydroxylation sites is 3. The van der Waals surface area contributed by atoms with Crippen molar-refractivity contribution >= 4 is 38.9 Å². The van der Waals surface area contributed by atoms with Crippen LogP contribution in [-0.2, 0) is 0 Å². The second-order valence-corrected chi connectivity index (χ2v) is 13.0. The van der Waals surface area contributed by atoms with Gasteiger partial charge in [0.2, 0.25) is 0 Å². The van der Waals surface area contributed by atoms with Crippen molar-refractivity contribution in [3.05, 3.63) is 194 Å². The first kappa shape index (κ1) is 29.1. The normalized spacial score (nSPS) is 11.7. The molecule has 0 aliphatic carbocycles. The third-order valence-electron chi connectivity index (χ3n) is 9.98. The number of rotatable bonds is 6. The van der Waals surface area contributed by atoms with Crippen molar-refractivity contribution < 1.29 is 4.74 Å². The minimum Gasteiger partial charge on any atom is -0.453 e. The summed E-state index contributed by atoms with van der Waals surface area (Å²) in [4.78, 5) is 2.36. The van der Waals surface area contributed by atoms with E-state index in [9.17, 15) is 0 Å². The molecule has 1 aliphatic rings. The Morgan fingerprint density at radius 2 is 0.980 bits per heavy atom. The van der Waals surface area contributed by atoms with Crippen LogP contribution in [0.25, 0.3) is 60.9 Å². The minimum absolute atomic E-state index is 0.856. The molecular weight excluding hydrogens is 621 g/mol. The lowest BCUT2D eigenvalue weighted by atomic mass is 9.96. The second-order valence-electron chi connectivity index (χ2n) is 13.0. The molecule has 0 unspecified atom stereocenters. The molecule has 8 aromatic carbocycles. The van der Waals surface area contributed by atoms with Crippen molar-refractivity contribution in [3.63, 3.8) is 0 Å². The van der Waals surface area contributed by atoms with Crippen LogP contribution in [-0.4, -0.2) is 4.57 Å². The van der Waals surface area contributed by atoms with Gasteiger partial charge in [0.05, 0.1) is 22.4 Å². The molecule has 2 heterocycles. The summed E-state index contributed by atoms with van der Waals surface area (Å²) >= 11 is 0. The van der Waals surface area contributed by atoms with Crippen molar-refractivity contribution in [1.29, 1.82) is 0 Å². The van der Waals surface area contributed by atoms with Crippen molar-refractivity contribution in [2.75, 3.05) is 4.90 Å². The van der Waals surface area contributed by atoms with Crippen LogP contribution >= 0.6 is 0 Å². The van der Waals surface area contributed by atoms with E-state index in [1.807, 2.05) is 0 Å². The molecule has 0 radical (unpaired) electrons. The van der Waals surface area contributed by atoms with E-state index in [0.717, 1.165) is 50.9 Å². The van der Waals surface area contributed by atoms with Gasteiger partial charge in [-0.3, -0.25) is 0 Å². The highest BCUT2D eigenvalue weighted by molar-refractivity contribution is 6.12. The maximum Gasteiger partial charge on any atom is 0.152 e. The van der Waals surface area contributed by atoms with Gasteiger partial charge >= 0.3 is 0 Å². The molecule has 0 N–H and O–H groups in total. The van der Waals surface area contributed by atoms with E-state index >= 15 is 0 Å². The van der Waals surface area contributed by atoms with Crippen LogP contribution in [0.5, 0.6) is 11.5 Å². The minimum atomic E-state index is 0.856. The molecule has 0 saturated carbocycles. The largest absolute Gasteiger partial charge is 0.453 e. The number of hydrogen-bond donors (Lipinski definition) is 0. The van der Waals surface area contributed by atoms with Gasteiger partial charge in [0.1, 0.15) is 0 Å². The second kappa shape index (κ2) is 11.9. The van der Waals surface area contributed by atoms with Gasteiger partial charge in [0.15, 0.2) is 11.5 Å². The molecule has 51 heavy (non-hydrogen) atoms. The first-order valence-corrected chi connectivity index (χ1v) is 17.4. The summed E-state index contributed by atoms with van der Waals surface area (Å²) in [5.74, 6) is 1.74. The molecule has 0 amide bonds. The third kappa shape index (κ3) is 4.90. The number of benzene rings is 8. The number of hydrogen-bond acceptors (Lipinski definition) is 2. The van der Waals surface area contributed by atoms with Crippen molar-refractivity contribution in [2.45, 2.75) is 0 Å². The predicted octanol–water partition coefficient (Wildman–Crippen LogP) is 13.4. The Kier molecular flexibility index (Phi) is 6.81. The maximum absolute atomic E-state index is 6.59. The average Bonchev–Trinajstić information content (AvgIpc) is 3.55. The molecule has 10 rings (SSSR count). The van der Waals surface area contributed by atoms with E-state index in [2.05, 4.69) is 204 Å². The first-order valence-electron chi connectivity index (χ1n) is 17.4. The van der Waals surface area contributed by atoms with E-state index in [0.29, 0.717) is 0 Å². The molecule has 1 aliphatic heterocycles. The zero-order valence-electron chi connectivity index (χ0n) is 27.8. The highest BCUT2D eigenvalue weighted by atomic mass is 16.5. The Morgan fingerprint density at radius 1 is 0.392 bits per heavy atom. The van der Waals surface area contributed by atoms with Gasteiger partial charge in [-0.05, 0) is 88.5 Å². The molecule has 0 fully saturated rings. The lowest BCUT2D eigenvalue weighted by Gasteiger charge is -2.28. The molecule has 240 valence electrons. The molecule has 0 saturated heterocycles. The Balaban J connectivity index is 1.07. The van der Waals surface area contributed by atoms with Crippen LogP contribution in [0, 0.1) is 0 Å². The van der Waals surface area contributed by atoms with E-state index < -0.39 is 0 Å². The number of anilines is 3. The van der Waals surface area contributed by atoms with Crippen LogP contribution in [0.3, 0.4) is 0 Å². The lowest BCUT2D eigenvalue weighted by molar-refractivity contribution is 0.476. The Hall–Kier alpha value is -6.84. The fourth-order valence-corrected chi connectivity index (χ4v) is 7.60. The SMILES string of the molecule is c1ccc(-c2ccc(N(c3ccccc3)c3ccc(-c4ccc5c(c4)Oc4cccc6c7ccccc7n-5c46)cc3)c(-c3ccccc3)c2)cc1. The number of ether oxygens (including phenoxy) is 1. The molecule has 1 aromatic heterocycles. The van der Waals surface area contributed by atoms with Crippen LogP contribution in [0.4, 0.5) is 17.1 Å². The summed E-state index contributed by atoms with van der Waals surface area (Å²) in [6, 6.07) is 69.1. The summed E-state index contributed by atoms with van der Waals surface area (Å²) < 4.78 is 8.93. The highest BCUT2D eigenvalue weighted by Gasteiger charge is 2.24. The molecule has 0 spiro atoms. The van der Waals surface area contributed by atoms with Gasteiger partial charge < -0.3 is 14.2 Å². The topological polar surface area (TPSA) is 17.4 Å². The monoisotopic (exact) mass is 652 g/mol. The van der Waals surface area contributed by atoms with Crippen LogP contribution in [0.2, 0.25) is 0 Å². The zero-order valence-corrected chi connectivity index (χ0v) is 27.8. The quantitative estimate of drug-likeness (QED) is 0.178. The van der Waals surface area contributed by atoms with Gasteiger partial charge in [-0.2, -0.15) is 0 Å². The summed E-state index contributed by atoms with van der Waals surface area (Å²) in [6.07, 6.45) is 0. The molecule has 3 nitrogen and oxygen atoms in total. The summed E-state index contributed by atoms with van der Waals surface area (Å²) in [5.41, 5.74) is 13.6. The maximum atomic E-state index is 6.59. The van der Waals surface area contributed by atoms with Crippen LogP contribution < -0.4 is 9.64 Å². The third-order valence-corrected chi connectivity index (χ3v) is 9.98. The first-order chi connectivity index (χ1) is 25.3. The van der Waals surface area contributed by atoms with E-state index in [4.69, 9.17) is 4.74 Å². The molecule has 9 aromatic rings. The zero-order chi connectivity index (χ0) is 33.7. The van der Waals surface area contributed by atoms with Crippen LogP contribution in [0.15, 0.2) is 194 Å². The summed E-state index contributed by atoms with van der Waals surface area (Å²) in [5, 5.41) is 2.44. The van der Waals surface area contributed by atoms with E-state index in [1.165, 1.54) is 38.5 Å². The van der Waals surface area contributed by atoms with Gasteiger partial charge in [-0.1, -0.05) is 133 Å². The number of nitrogens with zero attached hydrogens (tertiary/aromatic N) is 2. The van der Waals surface area contributed by atoms with Gasteiger partial charge in [0.25, 0.3) is 0 Å². The Labute approximate surface area is 296 Å². The fraction of sp³-hybridized carbons (Fsp3) is 0. The molecular formula is C48H32N2O. The highest BCUT2D eigenvalue weighted by Crippen LogP contribution is 2.47.